The molecule has 0 aliphatic carbocycles. The molecule has 0 amide bonds. The summed E-state index contributed by atoms with van der Waals surface area (Å²) in [5, 5.41) is 20.5. The van der Waals surface area contributed by atoms with Crippen molar-refractivity contribution in [1.82, 2.24) is 14.7 Å². The molecule has 86 valence electrons. The fraction of sp³-hybridized carbons (Fsp3) is 0.182. The van der Waals surface area contributed by atoms with E-state index in [1.807, 2.05) is 12.1 Å². The Bertz CT molecular complexity index is 720. The lowest BCUT2D eigenvalue weighted by molar-refractivity contribution is -0.672. The number of fused-ring (bicyclic) bond motifs is 3. The monoisotopic (exact) mass is 230 g/mol. The fourth-order valence-corrected chi connectivity index (χ4v) is 1.80. The summed E-state index contributed by atoms with van der Waals surface area (Å²) in [6.45, 7) is 1.72. The van der Waals surface area contributed by atoms with Gasteiger partial charge in [-0.1, -0.05) is 4.85 Å². The van der Waals surface area contributed by atoms with Crippen molar-refractivity contribution >= 4 is 16.6 Å². The van der Waals surface area contributed by atoms with Gasteiger partial charge < -0.3 is 9.94 Å². The van der Waals surface area contributed by atoms with Gasteiger partial charge in [-0.15, -0.1) is 5.10 Å². The maximum atomic E-state index is 11.5. The van der Waals surface area contributed by atoms with Crippen molar-refractivity contribution in [2.24, 2.45) is 0 Å². The average Bonchev–Trinajstić information content (AvgIpc) is 2.67. The van der Waals surface area contributed by atoms with Gasteiger partial charge in [0.15, 0.2) is 0 Å². The summed E-state index contributed by atoms with van der Waals surface area (Å²) in [6, 6.07) is 7.36. The molecule has 6 nitrogen and oxygen atoms in total. The Balaban J connectivity index is 2.44. The van der Waals surface area contributed by atoms with Gasteiger partial charge in [0.1, 0.15) is 0 Å². The minimum atomic E-state index is 0.481. The molecule has 3 rings (SSSR count). The summed E-state index contributed by atoms with van der Waals surface area (Å²) >= 11 is 0. The second-order valence-electron chi connectivity index (χ2n) is 3.79. The van der Waals surface area contributed by atoms with E-state index in [9.17, 15) is 5.21 Å². The van der Waals surface area contributed by atoms with Crippen LogP contribution in [0, 0.1) is 12.1 Å². The lowest BCUT2D eigenvalue weighted by Crippen LogP contribution is -2.34. The largest absolute Gasteiger partial charge is 0.594 e. The zero-order valence-electron chi connectivity index (χ0n) is 9.41. The molecule has 0 aromatic carbocycles. The molecule has 0 atom stereocenters. The minimum absolute atomic E-state index is 0.481. The zero-order valence-corrected chi connectivity index (χ0v) is 9.41. The highest BCUT2D eigenvalue weighted by molar-refractivity contribution is 5.83. The Morgan fingerprint density at radius 2 is 2.18 bits per heavy atom. The van der Waals surface area contributed by atoms with Gasteiger partial charge >= 0.3 is 0 Å². The molecule has 0 radical (unpaired) electrons. The third-order valence-electron chi connectivity index (χ3n) is 2.66. The molecule has 0 aliphatic rings. The topological polar surface area (TPSA) is 66.4 Å². The zero-order chi connectivity index (χ0) is 12.0. The Hall–Kier alpha value is -2.37. The maximum absolute atomic E-state index is 11.5. The third-order valence-corrected chi connectivity index (χ3v) is 2.66. The van der Waals surface area contributed by atoms with Crippen molar-refractivity contribution in [1.29, 1.82) is 0 Å². The summed E-state index contributed by atoms with van der Waals surface area (Å²) in [5.74, 6) is 0.481. The molecule has 0 bridgehead atoms. The van der Waals surface area contributed by atoms with Crippen LogP contribution in [0.1, 0.15) is 5.69 Å². The highest BCUT2D eigenvalue weighted by atomic mass is 16.5. The normalized spacial score (nSPS) is 11.2. The van der Waals surface area contributed by atoms with E-state index in [4.69, 9.17) is 4.74 Å². The number of hydrogen-bond acceptors (Lipinski definition) is 4. The van der Waals surface area contributed by atoms with Crippen LogP contribution in [0.2, 0.25) is 0 Å². The Morgan fingerprint density at radius 3 is 2.94 bits per heavy atom. The maximum Gasteiger partial charge on any atom is 0.231 e. The second kappa shape index (κ2) is 3.31. The molecule has 6 heteroatoms. The smallest absolute Gasteiger partial charge is 0.231 e. The van der Waals surface area contributed by atoms with Crippen LogP contribution < -0.4 is 9.58 Å². The van der Waals surface area contributed by atoms with Gasteiger partial charge in [0.05, 0.1) is 12.6 Å². The average molecular weight is 230 g/mol. The van der Waals surface area contributed by atoms with Crippen molar-refractivity contribution in [2.75, 3.05) is 7.11 Å². The van der Waals surface area contributed by atoms with Crippen molar-refractivity contribution in [3.05, 3.63) is 35.2 Å². The van der Waals surface area contributed by atoms with Crippen molar-refractivity contribution in [3.8, 4) is 5.88 Å². The Morgan fingerprint density at radius 1 is 1.35 bits per heavy atom. The van der Waals surface area contributed by atoms with E-state index in [2.05, 4.69) is 10.2 Å². The van der Waals surface area contributed by atoms with Crippen molar-refractivity contribution < 1.29 is 9.58 Å². The van der Waals surface area contributed by atoms with Gasteiger partial charge in [-0.05, 0) is 12.1 Å². The lowest BCUT2D eigenvalue weighted by Gasteiger charge is -2.00. The molecule has 3 heterocycles. The number of hydrogen-bond donors (Lipinski definition) is 0. The second-order valence-corrected chi connectivity index (χ2v) is 3.79. The molecule has 0 fully saturated rings. The number of ether oxygens (including phenoxy) is 1. The van der Waals surface area contributed by atoms with Crippen LogP contribution in [0.3, 0.4) is 0 Å². The molecule has 3 aromatic heterocycles. The highest BCUT2D eigenvalue weighted by Crippen LogP contribution is 2.18. The molecule has 3 aromatic rings. The van der Waals surface area contributed by atoms with Crippen LogP contribution in [0.25, 0.3) is 16.6 Å². The first-order valence-corrected chi connectivity index (χ1v) is 5.13. The molecule has 0 saturated carbocycles. The molecule has 0 aliphatic heterocycles. The predicted octanol–water partition coefficient (Wildman–Crippen LogP) is 0.833. The van der Waals surface area contributed by atoms with E-state index in [-0.39, 0.29) is 0 Å². The fourth-order valence-electron chi connectivity index (χ4n) is 1.80. The predicted molar refractivity (Wildman–Crippen MR) is 60.7 cm³/mol. The number of aromatic nitrogens is 4. The van der Waals surface area contributed by atoms with E-state index in [1.165, 1.54) is 0 Å². The highest BCUT2D eigenvalue weighted by Gasteiger charge is 2.11. The molecule has 0 saturated heterocycles. The van der Waals surface area contributed by atoms with E-state index in [0.717, 1.165) is 10.9 Å². The summed E-state index contributed by atoms with van der Waals surface area (Å²) < 4.78 is 6.65. The van der Waals surface area contributed by atoms with Gasteiger partial charge in [0.25, 0.3) is 0 Å². The quantitative estimate of drug-likeness (QED) is 0.459. The van der Waals surface area contributed by atoms with Gasteiger partial charge in [0.2, 0.25) is 17.2 Å². The summed E-state index contributed by atoms with van der Waals surface area (Å²) in [5.41, 5.74) is 1.96. The minimum Gasteiger partial charge on any atom is -0.594 e. The molecule has 0 N–H and O–H groups in total. The van der Waals surface area contributed by atoms with Gasteiger partial charge in [-0.25, -0.2) is 4.52 Å². The first kappa shape index (κ1) is 9.83. The van der Waals surface area contributed by atoms with Gasteiger partial charge in [0, 0.05) is 29.5 Å². The lowest BCUT2D eigenvalue weighted by atomic mass is 10.3. The summed E-state index contributed by atoms with van der Waals surface area (Å²) in [4.78, 5) is 0.593. The van der Waals surface area contributed by atoms with E-state index in [1.54, 1.807) is 30.7 Å². The number of rotatable bonds is 1. The van der Waals surface area contributed by atoms with Crippen LogP contribution in [0.5, 0.6) is 5.88 Å². The number of aryl methyl sites for hydroxylation is 1. The van der Waals surface area contributed by atoms with Gasteiger partial charge in [-0.3, -0.25) is 0 Å². The Labute approximate surface area is 96.6 Å². The van der Waals surface area contributed by atoms with Crippen LogP contribution >= 0.6 is 0 Å². The molecule has 0 spiro atoms. The molecule has 17 heavy (non-hydrogen) atoms. The van der Waals surface area contributed by atoms with E-state index < -0.39 is 0 Å². The number of nitrogens with zero attached hydrogens (tertiary/aromatic N) is 4. The Kier molecular flexibility index (Phi) is 1.91. The van der Waals surface area contributed by atoms with E-state index >= 15 is 0 Å². The molecule has 0 unspecified atom stereocenters. The van der Waals surface area contributed by atoms with Crippen molar-refractivity contribution in [2.45, 2.75) is 6.92 Å². The van der Waals surface area contributed by atoms with Gasteiger partial charge in [-0.2, -0.15) is 0 Å². The van der Waals surface area contributed by atoms with E-state index in [0.29, 0.717) is 22.1 Å². The third kappa shape index (κ3) is 1.37. The van der Waals surface area contributed by atoms with Crippen molar-refractivity contribution in [3.63, 3.8) is 0 Å². The first-order valence-electron chi connectivity index (χ1n) is 5.13. The SMILES string of the molecule is COc1ccc2cc3cc(C)[n+]([O-])nc3n2n1. The van der Waals surface area contributed by atoms with Crippen LogP contribution in [-0.2, 0) is 0 Å². The summed E-state index contributed by atoms with van der Waals surface area (Å²) in [6.07, 6.45) is 0. The summed E-state index contributed by atoms with van der Waals surface area (Å²) in [7, 11) is 1.55. The molecular weight excluding hydrogens is 220 g/mol. The van der Waals surface area contributed by atoms with Crippen LogP contribution in [0.15, 0.2) is 24.3 Å². The number of methoxy groups -OCH3 is 1. The van der Waals surface area contributed by atoms with Crippen LogP contribution in [0.4, 0.5) is 0 Å². The standard InChI is InChI=1S/C11H10N4O2/c1-7-5-8-6-9-3-4-10(17-2)12-14(9)11(8)13-15(7)16/h3-6H,1-2H3. The molecular formula is C11H10N4O2. The van der Waals surface area contributed by atoms with Crippen LogP contribution in [-0.4, -0.2) is 21.8 Å². The first-order chi connectivity index (χ1) is 8.19.